The summed E-state index contributed by atoms with van der Waals surface area (Å²) < 4.78 is 16.9. The maximum Gasteiger partial charge on any atom is 0.179 e. The van der Waals surface area contributed by atoms with Gasteiger partial charge in [0.05, 0.1) is 18.7 Å². The fourth-order valence-corrected chi connectivity index (χ4v) is 2.65. The van der Waals surface area contributed by atoms with Crippen molar-refractivity contribution in [1.82, 2.24) is 10.2 Å². The Morgan fingerprint density at radius 1 is 1.48 bits per heavy atom. The third-order valence-corrected chi connectivity index (χ3v) is 3.71. The van der Waals surface area contributed by atoms with E-state index in [0.717, 1.165) is 31.8 Å². The third kappa shape index (κ3) is 4.48. The summed E-state index contributed by atoms with van der Waals surface area (Å²) in [5.74, 6) is 1.23. The van der Waals surface area contributed by atoms with Crippen LogP contribution in [0.25, 0.3) is 0 Å². The van der Waals surface area contributed by atoms with Gasteiger partial charge in [-0.05, 0) is 31.8 Å². The number of ether oxygens (including phenoxy) is 3. The van der Waals surface area contributed by atoms with Crippen molar-refractivity contribution < 1.29 is 14.2 Å². The minimum Gasteiger partial charge on any atom is -0.493 e. The summed E-state index contributed by atoms with van der Waals surface area (Å²) in [5.41, 5.74) is 1.06. The van der Waals surface area contributed by atoms with Gasteiger partial charge in [0, 0.05) is 19.6 Å². The highest BCUT2D eigenvalue weighted by Crippen LogP contribution is 2.36. The minimum atomic E-state index is 0.0570. The zero-order valence-corrected chi connectivity index (χ0v) is 13.6. The van der Waals surface area contributed by atoms with Crippen LogP contribution in [0.4, 0.5) is 0 Å². The molecule has 118 valence electrons. The molecule has 0 amide bonds. The number of likely N-dealkylation sites (N-methyl/N-ethyl adjacent to an activating group) is 1. The molecule has 0 bridgehead atoms. The normalized spacial score (nSPS) is 19.5. The Morgan fingerprint density at radius 2 is 2.29 bits per heavy atom. The van der Waals surface area contributed by atoms with Crippen LogP contribution in [0.3, 0.4) is 0 Å². The van der Waals surface area contributed by atoms with E-state index in [-0.39, 0.29) is 6.10 Å². The highest BCUT2D eigenvalue weighted by molar-refractivity contribution is 6.32. The quantitative estimate of drug-likeness (QED) is 0.867. The maximum absolute atomic E-state index is 6.31. The zero-order chi connectivity index (χ0) is 15.2. The lowest BCUT2D eigenvalue weighted by atomic mass is 10.2. The monoisotopic (exact) mass is 314 g/mol. The lowest BCUT2D eigenvalue weighted by Gasteiger charge is -2.30. The molecule has 21 heavy (non-hydrogen) atoms. The summed E-state index contributed by atoms with van der Waals surface area (Å²) in [7, 11) is 5.59. The molecule has 1 N–H and O–H groups in total. The highest BCUT2D eigenvalue weighted by atomic mass is 35.5. The average Bonchev–Trinajstić information content (AvgIpc) is 2.46. The second-order valence-corrected chi connectivity index (χ2v) is 5.61. The molecule has 1 aromatic rings. The fourth-order valence-electron chi connectivity index (χ4n) is 2.36. The van der Waals surface area contributed by atoms with E-state index in [4.69, 9.17) is 25.8 Å². The Kier molecular flexibility index (Phi) is 6.11. The van der Waals surface area contributed by atoms with Crippen molar-refractivity contribution >= 4 is 11.6 Å². The van der Waals surface area contributed by atoms with Crippen LogP contribution in [0.2, 0.25) is 5.02 Å². The summed E-state index contributed by atoms with van der Waals surface area (Å²) >= 11 is 6.31. The van der Waals surface area contributed by atoms with Crippen molar-refractivity contribution in [3.05, 3.63) is 22.7 Å². The topological polar surface area (TPSA) is 43.0 Å². The van der Waals surface area contributed by atoms with E-state index >= 15 is 0 Å². The summed E-state index contributed by atoms with van der Waals surface area (Å²) in [6, 6.07) is 3.83. The molecule has 0 spiro atoms. The second-order valence-electron chi connectivity index (χ2n) is 5.21. The molecule has 0 saturated carbocycles. The molecule has 1 heterocycles. The van der Waals surface area contributed by atoms with Crippen LogP contribution < -0.4 is 14.8 Å². The van der Waals surface area contributed by atoms with Crippen molar-refractivity contribution in [2.24, 2.45) is 0 Å². The van der Waals surface area contributed by atoms with Crippen molar-refractivity contribution in [2.45, 2.75) is 12.6 Å². The first-order valence-corrected chi connectivity index (χ1v) is 7.45. The Bertz CT molecular complexity index is 470. The number of nitrogens with one attached hydrogen (secondary N) is 1. The van der Waals surface area contributed by atoms with Crippen LogP contribution >= 0.6 is 11.6 Å². The van der Waals surface area contributed by atoms with Gasteiger partial charge in [0.15, 0.2) is 11.5 Å². The van der Waals surface area contributed by atoms with Crippen LogP contribution in [0.1, 0.15) is 5.56 Å². The van der Waals surface area contributed by atoms with E-state index in [1.165, 1.54) is 0 Å². The molecule has 1 aliphatic rings. The van der Waals surface area contributed by atoms with Gasteiger partial charge in [-0.2, -0.15) is 0 Å². The molecule has 1 atom stereocenters. The van der Waals surface area contributed by atoms with Crippen molar-refractivity contribution in [3.63, 3.8) is 0 Å². The molecule has 2 rings (SSSR count). The van der Waals surface area contributed by atoms with E-state index in [9.17, 15) is 0 Å². The van der Waals surface area contributed by atoms with Gasteiger partial charge < -0.3 is 24.4 Å². The van der Waals surface area contributed by atoms with Gasteiger partial charge >= 0.3 is 0 Å². The second kappa shape index (κ2) is 7.84. The van der Waals surface area contributed by atoms with Gasteiger partial charge in [-0.3, -0.25) is 0 Å². The van der Waals surface area contributed by atoms with Crippen LogP contribution in [0.15, 0.2) is 12.1 Å². The van der Waals surface area contributed by atoms with Crippen LogP contribution in [-0.2, 0) is 11.3 Å². The molecule has 1 saturated heterocycles. The smallest absolute Gasteiger partial charge is 0.179 e. The summed E-state index contributed by atoms with van der Waals surface area (Å²) in [6.45, 7) is 3.74. The molecule has 5 nitrogen and oxygen atoms in total. The number of halogens is 1. The molecule has 1 fully saturated rings. The first-order chi connectivity index (χ1) is 10.1. The zero-order valence-electron chi connectivity index (χ0n) is 12.8. The lowest BCUT2D eigenvalue weighted by Crippen LogP contribution is -2.42. The van der Waals surface area contributed by atoms with Gasteiger partial charge in [0.2, 0.25) is 0 Å². The Balaban J connectivity index is 2.04. The summed E-state index contributed by atoms with van der Waals surface area (Å²) in [4.78, 5) is 2.23. The molecule has 0 aromatic heterocycles. The van der Waals surface area contributed by atoms with Crippen LogP contribution in [0.5, 0.6) is 11.5 Å². The van der Waals surface area contributed by atoms with Crippen molar-refractivity contribution in [2.75, 3.05) is 47.5 Å². The van der Waals surface area contributed by atoms with Gasteiger partial charge in [-0.1, -0.05) is 11.6 Å². The first kappa shape index (κ1) is 16.4. The molecule has 6 heteroatoms. The number of rotatable bonds is 6. The Labute approximate surface area is 131 Å². The molecule has 1 aromatic carbocycles. The van der Waals surface area contributed by atoms with Crippen LogP contribution in [0, 0.1) is 0 Å². The summed E-state index contributed by atoms with van der Waals surface area (Å²) in [5, 5.41) is 3.65. The Morgan fingerprint density at radius 3 is 2.95 bits per heavy atom. The van der Waals surface area contributed by atoms with E-state index in [0.29, 0.717) is 23.1 Å². The number of benzene rings is 1. The molecular weight excluding hydrogens is 292 g/mol. The molecule has 1 aliphatic heterocycles. The minimum absolute atomic E-state index is 0.0570. The predicted molar refractivity (Wildman–Crippen MR) is 83.5 cm³/mol. The molecule has 0 radical (unpaired) electrons. The fraction of sp³-hybridized carbons (Fsp3) is 0.600. The van der Waals surface area contributed by atoms with E-state index < -0.39 is 0 Å². The van der Waals surface area contributed by atoms with Crippen molar-refractivity contribution in [1.29, 1.82) is 0 Å². The molecular formula is C15H23ClN2O3. The maximum atomic E-state index is 6.31. The van der Waals surface area contributed by atoms with E-state index in [2.05, 4.69) is 17.3 Å². The molecule has 1 unspecified atom stereocenters. The van der Waals surface area contributed by atoms with Gasteiger partial charge in [-0.15, -0.1) is 0 Å². The number of hydrogen-bond acceptors (Lipinski definition) is 5. The lowest BCUT2D eigenvalue weighted by molar-refractivity contribution is -0.0406. The standard InChI is InChI=1S/C15H23ClN2O3/c1-17-8-11-6-13(16)15(14(7-11)19-3)21-10-12-9-18(2)4-5-20-12/h6-7,12,17H,4-5,8-10H2,1-3H3. The van der Waals surface area contributed by atoms with Gasteiger partial charge in [-0.25, -0.2) is 0 Å². The first-order valence-electron chi connectivity index (χ1n) is 7.08. The highest BCUT2D eigenvalue weighted by Gasteiger charge is 2.20. The number of hydrogen-bond donors (Lipinski definition) is 1. The largest absolute Gasteiger partial charge is 0.493 e. The predicted octanol–water partition coefficient (Wildman–Crippen LogP) is 1.78. The number of nitrogens with zero attached hydrogens (tertiary/aromatic N) is 1. The van der Waals surface area contributed by atoms with Crippen molar-refractivity contribution in [3.8, 4) is 11.5 Å². The summed E-state index contributed by atoms with van der Waals surface area (Å²) in [6.07, 6.45) is 0.0570. The van der Waals surface area contributed by atoms with Gasteiger partial charge in [0.25, 0.3) is 0 Å². The average molecular weight is 315 g/mol. The number of morpholine rings is 1. The molecule has 0 aliphatic carbocycles. The SMILES string of the molecule is CNCc1cc(Cl)c(OCC2CN(C)CCO2)c(OC)c1. The van der Waals surface area contributed by atoms with Crippen LogP contribution in [-0.4, -0.2) is 58.5 Å². The Hall–Kier alpha value is -1.01. The van der Waals surface area contributed by atoms with E-state index in [1.807, 2.05) is 19.2 Å². The third-order valence-electron chi connectivity index (χ3n) is 3.43. The number of methoxy groups -OCH3 is 1. The van der Waals surface area contributed by atoms with E-state index in [1.54, 1.807) is 7.11 Å². The van der Waals surface area contributed by atoms with Gasteiger partial charge in [0.1, 0.15) is 12.7 Å².